The van der Waals surface area contributed by atoms with Crippen LogP contribution >= 0.6 is 0 Å². The van der Waals surface area contributed by atoms with Gasteiger partial charge in [-0.1, -0.05) is 84.9 Å². The first-order valence-electron chi connectivity index (χ1n) is 12.7. The third-order valence-corrected chi connectivity index (χ3v) is 6.68. The van der Waals surface area contributed by atoms with Crippen molar-refractivity contribution in [3.63, 3.8) is 0 Å². The van der Waals surface area contributed by atoms with Gasteiger partial charge in [0.1, 0.15) is 12.4 Å². The first-order valence-corrected chi connectivity index (χ1v) is 12.7. The summed E-state index contributed by atoms with van der Waals surface area (Å²) in [5.41, 5.74) is 6.62. The van der Waals surface area contributed by atoms with Gasteiger partial charge in [-0.25, -0.2) is 4.79 Å². The molecular weight excluding hydrogens is 462 g/mol. The minimum absolute atomic E-state index is 0.281. The average molecular weight is 494 g/mol. The number of anilines is 2. The predicted molar refractivity (Wildman–Crippen MR) is 145 cm³/mol. The van der Waals surface area contributed by atoms with Crippen LogP contribution in [0.5, 0.6) is 5.75 Å². The molecule has 188 valence electrons. The summed E-state index contributed by atoms with van der Waals surface area (Å²) >= 11 is 0. The molecule has 0 spiro atoms. The zero-order chi connectivity index (χ0) is 25.5. The number of carboxylic acid groups (broad SMARTS) is 1. The van der Waals surface area contributed by atoms with Crippen molar-refractivity contribution >= 4 is 17.3 Å². The van der Waals surface area contributed by atoms with E-state index < -0.39 is 12.1 Å². The van der Waals surface area contributed by atoms with Crippen LogP contribution in [-0.4, -0.2) is 23.7 Å². The van der Waals surface area contributed by atoms with Gasteiger partial charge in [0.2, 0.25) is 0 Å². The number of nitrogens with zero attached hydrogens (tertiary/aromatic N) is 1. The lowest BCUT2D eigenvalue weighted by Crippen LogP contribution is -2.26. The highest BCUT2D eigenvalue weighted by Gasteiger charge is 2.21. The summed E-state index contributed by atoms with van der Waals surface area (Å²) in [4.78, 5) is 14.1. The number of rotatable bonds is 10. The molecule has 4 aromatic rings. The molecule has 37 heavy (non-hydrogen) atoms. The molecule has 0 aliphatic carbocycles. The smallest absolute Gasteiger partial charge is 0.333 e. The van der Waals surface area contributed by atoms with Crippen molar-refractivity contribution in [2.24, 2.45) is 0 Å². The minimum atomic E-state index is -0.943. The number of aliphatic carboxylic acids is 1. The van der Waals surface area contributed by atoms with Gasteiger partial charge in [0, 0.05) is 24.2 Å². The number of benzene rings is 4. The summed E-state index contributed by atoms with van der Waals surface area (Å²) in [5, 5.41) is 9.63. The number of hydrogen-bond donors (Lipinski definition) is 1. The van der Waals surface area contributed by atoms with Gasteiger partial charge in [0.15, 0.2) is 6.10 Å². The molecule has 1 atom stereocenters. The van der Waals surface area contributed by atoms with E-state index in [2.05, 4.69) is 53.4 Å². The fourth-order valence-corrected chi connectivity index (χ4v) is 4.71. The highest BCUT2D eigenvalue weighted by molar-refractivity contribution is 5.73. The predicted octanol–water partition coefficient (Wildman–Crippen LogP) is 6.56. The van der Waals surface area contributed by atoms with Crippen LogP contribution in [0, 0.1) is 0 Å². The highest BCUT2D eigenvalue weighted by Crippen LogP contribution is 2.39. The Morgan fingerprint density at radius 3 is 2.27 bits per heavy atom. The van der Waals surface area contributed by atoms with Crippen molar-refractivity contribution in [3.8, 4) is 5.75 Å². The van der Waals surface area contributed by atoms with E-state index in [-0.39, 0.29) is 6.61 Å². The van der Waals surface area contributed by atoms with Gasteiger partial charge in [-0.05, 0) is 47.7 Å². The van der Waals surface area contributed by atoms with E-state index in [1.165, 1.54) is 16.8 Å². The molecule has 4 aromatic carbocycles. The molecule has 1 aliphatic rings. The molecule has 0 bridgehead atoms. The number of aryl methyl sites for hydroxylation is 1. The van der Waals surface area contributed by atoms with Crippen molar-refractivity contribution < 1.29 is 19.4 Å². The number of carboxylic acids is 1. The van der Waals surface area contributed by atoms with E-state index in [4.69, 9.17) is 9.47 Å². The Hall–Kier alpha value is -4.09. The Labute approximate surface area is 217 Å². The van der Waals surface area contributed by atoms with Crippen LogP contribution in [0.2, 0.25) is 0 Å². The fraction of sp³-hybridized carbons (Fsp3) is 0.219. The summed E-state index contributed by atoms with van der Waals surface area (Å²) in [6, 6.07) is 34.5. The molecule has 0 aromatic heterocycles. The molecule has 0 amide bonds. The van der Waals surface area contributed by atoms with Gasteiger partial charge in [0.25, 0.3) is 0 Å². The molecule has 5 heteroatoms. The van der Waals surface area contributed by atoms with Crippen LogP contribution in [0.3, 0.4) is 0 Å². The van der Waals surface area contributed by atoms with E-state index in [1.807, 2.05) is 54.6 Å². The molecule has 1 unspecified atom stereocenters. The van der Waals surface area contributed by atoms with Crippen molar-refractivity contribution in [2.45, 2.75) is 38.6 Å². The number of carbonyl (C=O) groups is 1. The molecular formula is C32H31NO4. The first-order chi connectivity index (χ1) is 18.2. The van der Waals surface area contributed by atoms with Crippen LogP contribution in [0.4, 0.5) is 11.4 Å². The highest BCUT2D eigenvalue weighted by atomic mass is 16.5. The second-order valence-electron chi connectivity index (χ2n) is 9.28. The third-order valence-electron chi connectivity index (χ3n) is 6.68. The van der Waals surface area contributed by atoms with Gasteiger partial charge in [-0.15, -0.1) is 0 Å². The van der Waals surface area contributed by atoms with Crippen LogP contribution in [0.15, 0.2) is 103 Å². The first kappa shape index (κ1) is 24.6. The summed E-state index contributed by atoms with van der Waals surface area (Å²) < 4.78 is 11.8. The van der Waals surface area contributed by atoms with Crippen molar-refractivity contribution in [1.29, 1.82) is 0 Å². The molecule has 5 nitrogen and oxygen atoms in total. The zero-order valence-corrected chi connectivity index (χ0v) is 20.8. The molecule has 0 saturated heterocycles. The topological polar surface area (TPSA) is 59.0 Å². The summed E-state index contributed by atoms with van der Waals surface area (Å²) in [6.45, 7) is 1.72. The maximum atomic E-state index is 11.7. The van der Waals surface area contributed by atoms with Crippen LogP contribution in [-0.2, 0) is 35.6 Å². The van der Waals surface area contributed by atoms with Gasteiger partial charge in [-0.2, -0.15) is 0 Å². The molecule has 0 saturated carbocycles. The maximum Gasteiger partial charge on any atom is 0.333 e. The molecule has 0 fully saturated rings. The van der Waals surface area contributed by atoms with E-state index in [0.717, 1.165) is 42.0 Å². The van der Waals surface area contributed by atoms with E-state index in [9.17, 15) is 9.90 Å². The lowest BCUT2D eigenvalue weighted by atomic mass is 10.0. The summed E-state index contributed by atoms with van der Waals surface area (Å²) in [5.74, 6) is -0.0347. The Morgan fingerprint density at radius 1 is 0.811 bits per heavy atom. The summed E-state index contributed by atoms with van der Waals surface area (Å²) in [7, 11) is 0. The second-order valence-corrected chi connectivity index (χ2v) is 9.28. The molecule has 0 radical (unpaired) electrons. The van der Waals surface area contributed by atoms with Crippen molar-refractivity contribution in [2.75, 3.05) is 11.4 Å². The quantitative estimate of drug-likeness (QED) is 0.271. The Morgan fingerprint density at radius 2 is 1.49 bits per heavy atom. The molecule has 1 heterocycles. The normalized spacial score (nSPS) is 13.1. The molecule has 1 N–H and O–H groups in total. The summed E-state index contributed by atoms with van der Waals surface area (Å²) in [6.07, 6.45) is 1.36. The fourth-order valence-electron chi connectivity index (χ4n) is 4.71. The standard InChI is InChI=1S/C32H31NO4/c34-32(35)31(36-22-26-9-2-1-3-10-26)21-25-18-16-24(17-19-25)11-8-20-33-28-13-5-4-12-27(28)23-37-30-15-7-6-14-29(30)33/h1-7,9-10,12-19,31H,8,11,20-23H2,(H,34,35). The second kappa shape index (κ2) is 11.8. The molecule has 5 rings (SSSR count). The Bertz CT molecular complexity index is 1270. The minimum Gasteiger partial charge on any atom is -0.487 e. The van der Waals surface area contributed by atoms with Crippen molar-refractivity contribution in [3.05, 3.63) is 125 Å². The van der Waals surface area contributed by atoms with Gasteiger partial charge in [-0.3, -0.25) is 0 Å². The Kier molecular flexibility index (Phi) is 7.82. The number of hydrogen-bond acceptors (Lipinski definition) is 4. The van der Waals surface area contributed by atoms with Crippen LogP contribution in [0.1, 0.15) is 28.7 Å². The SMILES string of the molecule is O=C(O)C(Cc1ccc(CCCN2c3ccccc3COc3ccccc32)cc1)OCc1ccccc1. The lowest BCUT2D eigenvalue weighted by molar-refractivity contribution is -0.151. The largest absolute Gasteiger partial charge is 0.487 e. The van der Waals surface area contributed by atoms with Gasteiger partial charge < -0.3 is 19.5 Å². The van der Waals surface area contributed by atoms with Crippen molar-refractivity contribution in [1.82, 2.24) is 0 Å². The Balaban J connectivity index is 1.20. The number of fused-ring (bicyclic) bond motifs is 2. The van der Waals surface area contributed by atoms with Gasteiger partial charge in [0.05, 0.1) is 12.3 Å². The van der Waals surface area contributed by atoms with E-state index >= 15 is 0 Å². The monoisotopic (exact) mass is 493 g/mol. The number of ether oxygens (including phenoxy) is 2. The van der Waals surface area contributed by atoms with Crippen LogP contribution in [0.25, 0.3) is 0 Å². The zero-order valence-electron chi connectivity index (χ0n) is 20.8. The van der Waals surface area contributed by atoms with Crippen LogP contribution < -0.4 is 9.64 Å². The van der Waals surface area contributed by atoms with E-state index in [0.29, 0.717) is 13.0 Å². The van der Waals surface area contributed by atoms with Gasteiger partial charge >= 0.3 is 5.97 Å². The lowest BCUT2D eigenvalue weighted by Gasteiger charge is -2.25. The molecule has 1 aliphatic heterocycles. The van der Waals surface area contributed by atoms with E-state index in [1.54, 1.807) is 0 Å². The number of para-hydroxylation sites is 3. The third kappa shape index (κ3) is 6.19. The maximum absolute atomic E-state index is 11.7. The average Bonchev–Trinajstić information content (AvgIpc) is 3.09.